The van der Waals surface area contributed by atoms with Crippen LogP contribution in [0.5, 0.6) is 0 Å². The molecule has 0 unspecified atom stereocenters. The van der Waals surface area contributed by atoms with Crippen LogP contribution in [-0.4, -0.2) is 5.88 Å². The smallest absolute Gasteiger partial charge is 0.0223 e. The van der Waals surface area contributed by atoms with Crippen LogP contribution >= 0.6 is 11.6 Å². The van der Waals surface area contributed by atoms with Gasteiger partial charge in [-0.25, -0.2) is 0 Å². The zero-order valence-electron chi connectivity index (χ0n) is 9.87. The fourth-order valence-corrected chi connectivity index (χ4v) is 1.85. The molecule has 0 spiro atoms. The first-order chi connectivity index (χ1) is 7.93. The summed E-state index contributed by atoms with van der Waals surface area (Å²) < 4.78 is 0. The van der Waals surface area contributed by atoms with Gasteiger partial charge in [0.05, 0.1) is 0 Å². The first kappa shape index (κ1) is 13.3. The average molecular weight is 237 g/mol. The van der Waals surface area contributed by atoms with Crippen LogP contribution in [0.1, 0.15) is 37.7 Å². The predicted octanol–water partition coefficient (Wildman–Crippen LogP) is 4.97. The van der Waals surface area contributed by atoms with Gasteiger partial charge in [-0.3, -0.25) is 0 Å². The van der Waals surface area contributed by atoms with Crippen LogP contribution in [-0.2, 0) is 6.42 Å². The number of halogens is 1. The SMILES string of the molecule is ClCCCC/C=C\CCCc1ccccc1. The highest BCUT2D eigenvalue weighted by molar-refractivity contribution is 6.17. The summed E-state index contributed by atoms with van der Waals surface area (Å²) in [5, 5.41) is 0. The molecule has 16 heavy (non-hydrogen) atoms. The molecule has 0 heterocycles. The van der Waals surface area contributed by atoms with Crippen molar-refractivity contribution in [3.8, 4) is 0 Å². The van der Waals surface area contributed by atoms with Crippen LogP contribution < -0.4 is 0 Å². The van der Waals surface area contributed by atoms with Gasteiger partial charge in [0.25, 0.3) is 0 Å². The van der Waals surface area contributed by atoms with Crippen molar-refractivity contribution in [2.45, 2.75) is 38.5 Å². The van der Waals surface area contributed by atoms with Gasteiger partial charge >= 0.3 is 0 Å². The summed E-state index contributed by atoms with van der Waals surface area (Å²) in [7, 11) is 0. The largest absolute Gasteiger partial charge is 0.127 e. The maximum Gasteiger partial charge on any atom is 0.0223 e. The topological polar surface area (TPSA) is 0 Å². The number of alkyl halides is 1. The zero-order chi connectivity index (χ0) is 11.5. The standard InChI is InChI=1S/C15H21Cl/c16-14-10-5-3-1-2-4-7-11-15-12-8-6-9-13-15/h1-2,6,8-9,12-13H,3-5,7,10-11,14H2/b2-1-. The second-order valence-electron chi connectivity index (χ2n) is 4.03. The van der Waals surface area contributed by atoms with Crippen molar-refractivity contribution >= 4 is 11.6 Å². The Kier molecular flexibility index (Phi) is 7.88. The van der Waals surface area contributed by atoms with Crippen molar-refractivity contribution in [1.82, 2.24) is 0 Å². The number of aryl methyl sites for hydroxylation is 1. The number of hydrogen-bond acceptors (Lipinski definition) is 0. The molecule has 1 rings (SSSR count). The van der Waals surface area contributed by atoms with E-state index in [4.69, 9.17) is 11.6 Å². The molecule has 0 atom stereocenters. The van der Waals surface area contributed by atoms with Gasteiger partial charge in [-0.1, -0.05) is 42.5 Å². The Bertz CT molecular complexity index is 277. The molecule has 0 aliphatic carbocycles. The van der Waals surface area contributed by atoms with E-state index < -0.39 is 0 Å². The van der Waals surface area contributed by atoms with Gasteiger partial charge in [0, 0.05) is 5.88 Å². The maximum absolute atomic E-state index is 5.61. The van der Waals surface area contributed by atoms with Crippen LogP contribution in [0.25, 0.3) is 0 Å². The van der Waals surface area contributed by atoms with E-state index in [1.807, 2.05) is 0 Å². The van der Waals surface area contributed by atoms with E-state index in [-0.39, 0.29) is 0 Å². The molecule has 0 aromatic heterocycles. The minimum atomic E-state index is 0.793. The summed E-state index contributed by atoms with van der Waals surface area (Å²) in [4.78, 5) is 0. The van der Waals surface area contributed by atoms with Crippen molar-refractivity contribution in [2.24, 2.45) is 0 Å². The van der Waals surface area contributed by atoms with E-state index in [0.717, 1.165) is 12.3 Å². The second-order valence-corrected chi connectivity index (χ2v) is 4.41. The highest BCUT2D eigenvalue weighted by Gasteiger charge is 1.89. The second kappa shape index (κ2) is 9.47. The van der Waals surface area contributed by atoms with Crippen LogP contribution in [0.2, 0.25) is 0 Å². The molecular weight excluding hydrogens is 216 g/mol. The minimum absolute atomic E-state index is 0.793. The summed E-state index contributed by atoms with van der Waals surface area (Å²) in [5.41, 5.74) is 1.44. The molecule has 0 fully saturated rings. The zero-order valence-corrected chi connectivity index (χ0v) is 10.6. The lowest BCUT2D eigenvalue weighted by molar-refractivity contribution is 0.805. The number of benzene rings is 1. The molecule has 0 saturated heterocycles. The molecule has 1 aromatic rings. The third-order valence-corrected chi connectivity index (χ3v) is 2.87. The third-order valence-electron chi connectivity index (χ3n) is 2.60. The summed E-state index contributed by atoms with van der Waals surface area (Å²) >= 11 is 5.61. The fraction of sp³-hybridized carbons (Fsp3) is 0.467. The third kappa shape index (κ3) is 6.68. The van der Waals surface area contributed by atoms with Crippen LogP contribution in [0.15, 0.2) is 42.5 Å². The van der Waals surface area contributed by atoms with Gasteiger partial charge in [-0.05, 0) is 44.1 Å². The fourth-order valence-electron chi connectivity index (χ4n) is 1.66. The van der Waals surface area contributed by atoms with Crippen LogP contribution in [0, 0.1) is 0 Å². The van der Waals surface area contributed by atoms with Gasteiger partial charge < -0.3 is 0 Å². The van der Waals surface area contributed by atoms with Crippen LogP contribution in [0.4, 0.5) is 0 Å². The van der Waals surface area contributed by atoms with Crippen molar-refractivity contribution < 1.29 is 0 Å². The quantitative estimate of drug-likeness (QED) is 0.340. The highest BCUT2D eigenvalue weighted by atomic mass is 35.5. The predicted molar refractivity (Wildman–Crippen MR) is 73.1 cm³/mol. The lowest BCUT2D eigenvalue weighted by Gasteiger charge is -1.98. The van der Waals surface area contributed by atoms with Gasteiger partial charge in [-0.15, -0.1) is 11.6 Å². The van der Waals surface area contributed by atoms with E-state index in [1.165, 1.54) is 37.7 Å². The Balaban J connectivity index is 1.99. The Morgan fingerprint density at radius 1 is 0.875 bits per heavy atom. The van der Waals surface area contributed by atoms with Gasteiger partial charge in [0.2, 0.25) is 0 Å². The first-order valence-corrected chi connectivity index (χ1v) is 6.72. The van der Waals surface area contributed by atoms with Crippen molar-refractivity contribution in [3.63, 3.8) is 0 Å². The summed E-state index contributed by atoms with van der Waals surface area (Å²) in [6.45, 7) is 0. The Morgan fingerprint density at radius 2 is 1.56 bits per heavy atom. The lowest BCUT2D eigenvalue weighted by Crippen LogP contribution is -1.83. The number of hydrogen-bond donors (Lipinski definition) is 0. The molecule has 88 valence electrons. The molecule has 0 nitrogen and oxygen atoms in total. The van der Waals surface area contributed by atoms with E-state index >= 15 is 0 Å². The monoisotopic (exact) mass is 236 g/mol. The number of unbranched alkanes of at least 4 members (excludes halogenated alkanes) is 3. The molecule has 0 aliphatic rings. The van der Waals surface area contributed by atoms with Gasteiger partial charge in [-0.2, -0.15) is 0 Å². The molecule has 1 aromatic carbocycles. The number of rotatable bonds is 8. The van der Waals surface area contributed by atoms with Gasteiger partial charge in [0.15, 0.2) is 0 Å². The molecule has 0 aliphatic heterocycles. The van der Waals surface area contributed by atoms with Crippen molar-refractivity contribution in [2.75, 3.05) is 5.88 Å². The number of allylic oxidation sites excluding steroid dienone is 2. The molecule has 1 heteroatoms. The lowest BCUT2D eigenvalue weighted by atomic mass is 10.1. The summed E-state index contributed by atoms with van der Waals surface area (Å²) in [6, 6.07) is 10.7. The molecule has 0 N–H and O–H groups in total. The molecule has 0 radical (unpaired) electrons. The van der Waals surface area contributed by atoms with Crippen molar-refractivity contribution in [1.29, 1.82) is 0 Å². The Morgan fingerprint density at radius 3 is 2.25 bits per heavy atom. The molecule has 0 saturated carbocycles. The van der Waals surface area contributed by atoms with E-state index in [2.05, 4.69) is 42.5 Å². The molecule has 0 bridgehead atoms. The summed E-state index contributed by atoms with van der Waals surface area (Å²) in [5.74, 6) is 0.793. The minimum Gasteiger partial charge on any atom is -0.127 e. The Hall–Kier alpha value is -0.750. The van der Waals surface area contributed by atoms with E-state index in [0.29, 0.717) is 0 Å². The average Bonchev–Trinajstić information content (AvgIpc) is 2.34. The normalized spacial score (nSPS) is 11.1. The maximum atomic E-state index is 5.61. The van der Waals surface area contributed by atoms with E-state index in [1.54, 1.807) is 0 Å². The first-order valence-electron chi connectivity index (χ1n) is 6.18. The Labute approximate surface area is 104 Å². The summed E-state index contributed by atoms with van der Waals surface area (Å²) in [6.07, 6.45) is 11.8. The molecule has 0 amide bonds. The van der Waals surface area contributed by atoms with Gasteiger partial charge in [0.1, 0.15) is 0 Å². The van der Waals surface area contributed by atoms with Crippen LogP contribution in [0.3, 0.4) is 0 Å². The van der Waals surface area contributed by atoms with Crippen molar-refractivity contribution in [3.05, 3.63) is 48.0 Å². The highest BCUT2D eigenvalue weighted by Crippen LogP contribution is 2.05. The van der Waals surface area contributed by atoms with E-state index in [9.17, 15) is 0 Å². The molecular formula is C15H21Cl.